The first-order valence-electron chi connectivity index (χ1n) is 10.3. The summed E-state index contributed by atoms with van der Waals surface area (Å²) in [7, 11) is 0. The second-order valence-corrected chi connectivity index (χ2v) is 7.69. The van der Waals surface area contributed by atoms with E-state index in [0.29, 0.717) is 30.0 Å². The Hall–Kier alpha value is -3.02. The molecule has 0 saturated heterocycles. The predicted octanol–water partition coefficient (Wildman–Crippen LogP) is 4.15. The van der Waals surface area contributed by atoms with Gasteiger partial charge in [-0.1, -0.05) is 30.3 Å². The van der Waals surface area contributed by atoms with Gasteiger partial charge in [-0.25, -0.2) is 0 Å². The Morgan fingerprint density at radius 2 is 1.86 bits per heavy atom. The van der Waals surface area contributed by atoms with Crippen molar-refractivity contribution < 1.29 is 9.21 Å². The van der Waals surface area contributed by atoms with Gasteiger partial charge >= 0.3 is 0 Å². The number of carbonyl (C=O) groups excluding carboxylic acids is 1. The van der Waals surface area contributed by atoms with Gasteiger partial charge < -0.3 is 9.73 Å². The van der Waals surface area contributed by atoms with Crippen molar-refractivity contribution in [2.24, 2.45) is 5.92 Å². The number of aromatic nitrogens is 3. The van der Waals surface area contributed by atoms with Crippen LogP contribution in [0, 0.1) is 5.92 Å². The van der Waals surface area contributed by atoms with E-state index in [4.69, 9.17) is 4.42 Å². The number of benzene rings is 1. The molecule has 1 N–H and O–H groups in total. The zero-order chi connectivity index (χ0) is 19.9. The van der Waals surface area contributed by atoms with Crippen molar-refractivity contribution in [1.82, 2.24) is 20.5 Å². The molecule has 1 aliphatic rings. The lowest BCUT2D eigenvalue weighted by molar-refractivity contribution is -0.121. The van der Waals surface area contributed by atoms with Gasteiger partial charge in [-0.15, -0.1) is 10.2 Å². The fourth-order valence-corrected chi connectivity index (χ4v) is 3.87. The van der Waals surface area contributed by atoms with Crippen LogP contribution in [0.3, 0.4) is 0 Å². The molecule has 2 aromatic heterocycles. The standard InChI is InChI=1S/C23H26N4O2/c28-21(13-10-17-5-2-1-3-6-17)25-15-18-8-11-19(12-9-18)22-26-27-23(29-22)20-7-4-14-24-16-20/h1-7,14,16,18-19H,8-13,15H2,(H,25,28). The third-order valence-electron chi connectivity index (χ3n) is 5.62. The van der Waals surface area contributed by atoms with E-state index in [1.54, 1.807) is 12.4 Å². The van der Waals surface area contributed by atoms with Gasteiger partial charge in [-0.3, -0.25) is 9.78 Å². The fourth-order valence-electron chi connectivity index (χ4n) is 3.87. The Balaban J connectivity index is 1.20. The number of hydrogen-bond donors (Lipinski definition) is 1. The molecule has 0 bridgehead atoms. The van der Waals surface area contributed by atoms with Crippen LogP contribution in [-0.4, -0.2) is 27.6 Å². The summed E-state index contributed by atoms with van der Waals surface area (Å²) in [6.45, 7) is 0.755. The summed E-state index contributed by atoms with van der Waals surface area (Å²) in [4.78, 5) is 16.2. The molecule has 1 aromatic carbocycles. The summed E-state index contributed by atoms with van der Waals surface area (Å²) in [5.74, 6) is 2.20. The molecule has 29 heavy (non-hydrogen) atoms. The van der Waals surface area contributed by atoms with E-state index >= 15 is 0 Å². The molecule has 150 valence electrons. The minimum atomic E-state index is 0.133. The van der Waals surface area contributed by atoms with Crippen molar-refractivity contribution in [2.45, 2.75) is 44.4 Å². The van der Waals surface area contributed by atoms with Crippen LogP contribution < -0.4 is 5.32 Å². The number of pyridine rings is 1. The topological polar surface area (TPSA) is 80.9 Å². The Labute approximate surface area is 170 Å². The molecular formula is C23H26N4O2. The molecule has 6 nitrogen and oxygen atoms in total. The highest BCUT2D eigenvalue weighted by Crippen LogP contribution is 2.35. The minimum Gasteiger partial charge on any atom is -0.420 e. The van der Waals surface area contributed by atoms with Crippen molar-refractivity contribution in [2.75, 3.05) is 6.54 Å². The van der Waals surface area contributed by atoms with E-state index in [-0.39, 0.29) is 5.91 Å². The zero-order valence-electron chi connectivity index (χ0n) is 16.5. The highest BCUT2D eigenvalue weighted by atomic mass is 16.4. The van der Waals surface area contributed by atoms with Crippen LogP contribution in [0.25, 0.3) is 11.5 Å². The maximum Gasteiger partial charge on any atom is 0.249 e. The molecule has 1 amide bonds. The number of rotatable bonds is 7. The second kappa shape index (κ2) is 9.45. The van der Waals surface area contributed by atoms with Gasteiger partial charge in [0.05, 0.1) is 5.56 Å². The van der Waals surface area contributed by atoms with Crippen LogP contribution >= 0.6 is 0 Å². The van der Waals surface area contributed by atoms with Crippen LogP contribution in [0.2, 0.25) is 0 Å². The molecule has 4 rings (SSSR count). The summed E-state index contributed by atoms with van der Waals surface area (Å²) in [6.07, 6.45) is 8.94. The normalized spacial score (nSPS) is 19.0. The van der Waals surface area contributed by atoms with Crippen LogP contribution in [0.4, 0.5) is 0 Å². The van der Waals surface area contributed by atoms with E-state index in [9.17, 15) is 4.79 Å². The number of hydrogen-bond acceptors (Lipinski definition) is 5. The van der Waals surface area contributed by atoms with Gasteiger partial charge in [0.1, 0.15) is 0 Å². The van der Waals surface area contributed by atoms with Gasteiger partial charge in [0, 0.05) is 31.3 Å². The van der Waals surface area contributed by atoms with Crippen molar-refractivity contribution in [1.29, 1.82) is 0 Å². The SMILES string of the molecule is O=C(CCc1ccccc1)NCC1CCC(c2nnc(-c3cccnc3)o2)CC1. The summed E-state index contributed by atoms with van der Waals surface area (Å²) in [5.41, 5.74) is 2.05. The molecule has 1 saturated carbocycles. The zero-order valence-corrected chi connectivity index (χ0v) is 16.5. The summed E-state index contributed by atoms with van der Waals surface area (Å²) >= 11 is 0. The second-order valence-electron chi connectivity index (χ2n) is 7.69. The lowest BCUT2D eigenvalue weighted by Gasteiger charge is -2.26. The number of carbonyl (C=O) groups is 1. The highest BCUT2D eigenvalue weighted by Gasteiger charge is 2.26. The highest BCUT2D eigenvalue weighted by molar-refractivity contribution is 5.76. The molecule has 0 unspecified atom stereocenters. The average molecular weight is 390 g/mol. The van der Waals surface area contributed by atoms with Crippen molar-refractivity contribution >= 4 is 5.91 Å². The Bertz CT molecular complexity index is 903. The molecule has 3 aromatic rings. The van der Waals surface area contributed by atoms with E-state index in [1.807, 2.05) is 30.3 Å². The summed E-state index contributed by atoms with van der Waals surface area (Å²) in [6, 6.07) is 13.9. The Kier molecular flexibility index (Phi) is 6.29. The molecule has 1 fully saturated rings. The van der Waals surface area contributed by atoms with E-state index in [0.717, 1.165) is 44.2 Å². The smallest absolute Gasteiger partial charge is 0.249 e. The maximum absolute atomic E-state index is 12.1. The molecule has 0 radical (unpaired) electrons. The third kappa shape index (κ3) is 5.28. The first-order valence-corrected chi connectivity index (χ1v) is 10.3. The predicted molar refractivity (Wildman–Crippen MR) is 110 cm³/mol. The minimum absolute atomic E-state index is 0.133. The lowest BCUT2D eigenvalue weighted by Crippen LogP contribution is -2.31. The molecule has 1 aliphatic carbocycles. The van der Waals surface area contributed by atoms with E-state index in [1.165, 1.54) is 5.56 Å². The van der Waals surface area contributed by atoms with Gasteiger partial charge in [0.25, 0.3) is 0 Å². The van der Waals surface area contributed by atoms with E-state index < -0.39 is 0 Å². The van der Waals surface area contributed by atoms with Gasteiger partial charge in [-0.2, -0.15) is 0 Å². The van der Waals surface area contributed by atoms with Crippen molar-refractivity contribution in [3.8, 4) is 11.5 Å². The summed E-state index contributed by atoms with van der Waals surface area (Å²) < 4.78 is 5.88. The first-order chi connectivity index (χ1) is 14.3. The maximum atomic E-state index is 12.1. The Morgan fingerprint density at radius 1 is 1.03 bits per heavy atom. The van der Waals surface area contributed by atoms with Crippen LogP contribution in [0.5, 0.6) is 0 Å². The number of aryl methyl sites for hydroxylation is 1. The number of amides is 1. The molecular weight excluding hydrogens is 364 g/mol. The van der Waals surface area contributed by atoms with Gasteiger partial charge in [0.2, 0.25) is 17.7 Å². The van der Waals surface area contributed by atoms with Crippen molar-refractivity contribution in [3.05, 3.63) is 66.3 Å². The van der Waals surface area contributed by atoms with E-state index in [2.05, 4.69) is 32.6 Å². The van der Waals surface area contributed by atoms with Gasteiger partial charge in [0.15, 0.2) is 0 Å². The summed E-state index contributed by atoms with van der Waals surface area (Å²) in [5, 5.41) is 11.5. The first kappa shape index (κ1) is 19.3. The average Bonchev–Trinajstić information content (AvgIpc) is 3.28. The number of nitrogens with one attached hydrogen (secondary N) is 1. The van der Waals surface area contributed by atoms with Crippen LogP contribution in [0.15, 0.2) is 59.3 Å². The lowest BCUT2D eigenvalue weighted by atomic mass is 9.82. The molecule has 6 heteroatoms. The van der Waals surface area contributed by atoms with Gasteiger partial charge in [-0.05, 0) is 55.7 Å². The molecule has 2 heterocycles. The quantitative estimate of drug-likeness (QED) is 0.655. The largest absolute Gasteiger partial charge is 0.420 e. The molecule has 0 aliphatic heterocycles. The third-order valence-corrected chi connectivity index (χ3v) is 5.62. The fraction of sp³-hybridized carbons (Fsp3) is 0.391. The Morgan fingerprint density at radius 3 is 2.62 bits per heavy atom. The molecule has 0 spiro atoms. The van der Waals surface area contributed by atoms with Crippen LogP contribution in [0.1, 0.15) is 49.5 Å². The van der Waals surface area contributed by atoms with Crippen molar-refractivity contribution in [3.63, 3.8) is 0 Å². The molecule has 0 atom stereocenters. The van der Waals surface area contributed by atoms with Crippen LogP contribution in [-0.2, 0) is 11.2 Å². The monoisotopic (exact) mass is 390 g/mol. The number of nitrogens with zero attached hydrogens (tertiary/aromatic N) is 3.